The number of halogens is 2. The van der Waals surface area contributed by atoms with Crippen LogP contribution in [0.25, 0.3) is 0 Å². The molecule has 2 fully saturated rings. The van der Waals surface area contributed by atoms with E-state index in [1.54, 1.807) is 81.6 Å². The number of fused-ring (bicyclic) bond motifs is 1. The predicted octanol–water partition coefficient (Wildman–Crippen LogP) is 4.12. The smallest absolute Gasteiger partial charge is 0.514 e. The number of hydrogen-bond donors (Lipinski definition) is 2. The van der Waals surface area contributed by atoms with Crippen LogP contribution in [-0.2, 0) is 46.5 Å². The Bertz CT molecular complexity index is 2540. The number of likely N-dealkylation sites (tertiary alicyclic amines) is 1. The highest BCUT2D eigenvalue weighted by Crippen LogP contribution is 2.43. The molecule has 7 rings (SSSR count). The van der Waals surface area contributed by atoms with Crippen molar-refractivity contribution in [2.45, 2.75) is 89.8 Å². The molecule has 0 bridgehead atoms. The number of esters is 1. The average molecular weight is 1000 g/mol. The van der Waals surface area contributed by atoms with E-state index in [0.29, 0.717) is 24.1 Å². The molecule has 2 atom stereocenters. The number of pyridine rings is 1. The second-order valence-electron chi connectivity index (χ2n) is 17.8. The van der Waals surface area contributed by atoms with E-state index in [9.17, 15) is 33.2 Å². The summed E-state index contributed by atoms with van der Waals surface area (Å²) in [4.78, 5) is 82.7. The van der Waals surface area contributed by atoms with Gasteiger partial charge in [-0.15, -0.1) is 11.8 Å². The number of rotatable bonds is 12. The quantitative estimate of drug-likeness (QED) is 0.0523. The van der Waals surface area contributed by atoms with E-state index in [4.69, 9.17) is 18.9 Å². The zero-order valence-electron chi connectivity index (χ0n) is 37.7. The van der Waals surface area contributed by atoms with Gasteiger partial charge >= 0.3 is 18.2 Å². The lowest BCUT2D eigenvalue weighted by Crippen LogP contribution is -3.00. The lowest BCUT2D eigenvalue weighted by Gasteiger charge is -2.49. The van der Waals surface area contributed by atoms with Crippen LogP contribution in [0.2, 0.25) is 0 Å². The van der Waals surface area contributed by atoms with E-state index in [1.165, 1.54) is 28.8 Å². The molecule has 0 aliphatic carbocycles. The Labute approximate surface area is 402 Å². The predicted molar refractivity (Wildman–Crippen MR) is 241 cm³/mol. The molecule has 0 saturated carbocycles. The summed E-state index contributed by atoms with van der Waals surface area (Å²) in [5.41, 5.74) is 1.45. The molecular weight excluding hydrogens is 950 g/mol. The molecular formula is C49H51BrFN5O10S. The lowest BCUT2D eigenvalue weighted by molar-refractivity contribution is -0.684. The molecule has 352 valence electrons. The average Bonchev–Trinajstić information content (AvgIpc) is 3.59. The van der Waals surface area contributed by atoms with Crippen LogP contribution in [0.4, 0.5) is 19.7 Å². The van der Waals surface area contributed by atoms with Gasteiger partial charge in [0, 0.05) is 42.6 Å². The molecule has 15 nitrogen and oxygen atoms in total. The van der Waals surface area contributed by atoms with Gasteiger partial charge in [-0.1, -0.05) is 60.7 Å². The van der Waals surface area contributed by atoms with E-state index < -0.39 is 64.6 Å². The maximum absolute atomic E-state index is 14.8. The first-order chi connectivity index (χ1) is 31.3. The van der Waals surface area contributed by atoms with Gasteiger partial charge in [0.15, 0.2) is 18.5 Å². The molecule has 0 unspecified atom stereocenters. The minimum Gasteiger partial charge on any atom is -1.00 e. The summed E-state index contributed by atoms with van der Waals surface area (Å²) < 4.78 is 38.2. The van der Waals surface area contributed by atoms with Gasteiger partial charge < -0.3 is 51.5 Å². The summed E-state index contributed by atoms with van der Waals surface area (Å²) in [5.74, 6) is -2.65. The Balaban J connectivity index is 0.00000741. The SMILES string of the molecule is CC(C)(C)OC(=O)N[C@@H]1C(=O)N2C(C(=O)OC(c3ccccc3)c3ccccc3)=C(/C=C3\CCN(Cc4cc[n+](CC(=O)Nc5ccc(OC(=O)OC(C)(C)C)cc5F)cc4)C3=O)CS[C@H]12.[Br-]. The lowest BCUT2D eigenvalue weighted by atomic mass is 10.00. The second-order valence-corrected chi connectivity index (χ2v) is 18.9. The fourth-order valence-electron chi connectivity index (χ4n) is 7.39. The van der Waals surface area contributed by atoms with Crippen molar-refractivity contribution < 1.29 is 73.7 Å². The number of nitrogens with zero attached hydrogens (tertiary/aromatic N) is 3. The Morgan fingerprint density at radius 1 is 0.881 bits per heavy atom. The molecule has 4 aromatic rings. The molecule has 4 heterocycles. The summed E-state index contributed by atoms with van der Waals surface area (Å²) in [6.07, 6.45) is 2.85. The number of hydrogen-bond acceptors (Lipinski definition) is 11. The van der Waals surface area contributed by atoms with Crippen LogP contribution in [0, 0.1) is 5.82 Å². The third-order valence-electron chi connectivity index (χ3n) is 10.3. The van der Waals surface area contributed by atoms with Crippen LogP contribution >= 0.6 is 11.8 Å². The number of carbonyl (C=O) groups excluding carboxylic acids is 6. The van der Waals surface area contributed by atoms with Gasteiger partial charge in [0.1, 0.15) is 39.9 Å². The fraction of sp³-hybridized carbons (Fsp3) is 0.327. The summed E-state index contributed by atoms with van der Waals surface area (Å²) in [6.45, 7) is 10.7. The van der Waals surface area contributed by atoms with Crippen molar-refractivity contribution in [1.29, 1.82) is 0 Å². The van der Waals surface area contributed by atoms with Crippen LogP contribution in [0.5, 0.6) is 5.75 Å². The van der Waals surface area contributed by atoms with Crippen molar-refractivity contribution in [3.8, 4) is 5.75 Å². The molecule has 18 heteroatoms. The number of carbonyl (C=O) groups is 6. The van der Waals surface area contributed by atoms with Crippen LogP contribution in [0.3, 0.4) is 0 Å². The van der Waals surface area contributed by atoms with Crippen molar-refractivity contribution in [3.63, 3.8) is 0 Å². The molecule has 2 saturated heterocycles. The van der Waals surface area contributed by atoms with Gasteiger partial charge in [-0.25, -0.2) is 18.8 Å². The third-order valence-corrected chi connectivity index (χ3v) is 11.6. The normalized spacial score (nSPS) is 17.6. The summed E-state index contributed by atoms with van der Waals surface area (Å²) in [7, 11) is 0. The van der Waals surface area contributed by atoms with Crippen molar-refractivity contribution in [1.82, 2.24) is 15.1 Å². The van der Waals surface area contributed by atoms with E-state index in [2.05, 4.69) is 10.6 Å². The first-order valence-electron chi connectivity index (χ1n) is 21.3. The monoisotopic (exact) mass is 999 g/mol. The molecule has 3 aromatic carbocycles. The molecule has 2 N–H and O–H groups in total. The maximum atomic E-state index is 14.8. The van der Waals surface area contributed by atoms with Gasteiger partial charge in [-0.2, -0.15) is 4.57 Å². The van der Waals surface area contributed by atoms with Crippen LogP contribution in [-0.4, -0.2) is 80.7 Å². The number of anilines is 1. The van der Waals surface area contributed by atoms with E-state index in [0.717, 1.165) is 22.8 Å². The minimum absolute atomic E-state index is 0. The number of ether oxygens (including phenoxy) is 4. The molecule has 3 aliphatic heterocycles. The highest BCUT2D eigenvalue weighted by molar-refractivity contribution is 8.00. The van der Waals surface area contributed by atoms with Gasteiger partial charge in [0.05, 0.1) is 5.69 Å². The molecule has 67 heavy (non-hydrogen) atoms. The van der Waals surface area contributed by atoms with Crippen LogP contribution < -0.4 is 36.9 Å². The topological polar surface area (TPSA) is 174 Å². The summed E-state index contributed by atoms with van der Waals surface area (Å²) in [5, 5.41) is 4.55. The van der Waals surface area contributed by atoms with Crippen molar-refractivity contribution >= 4 is 53.4 Å². The van der Waals surface area contributed by atoms with Gasteiger partial charge in [-0.3, -0.25) is 19.3 Å². The molecule has 1 aromatic heterocycles. The van der Waals surface area contributed by atoms with Crippen molar-refractivity contribution in [2.24, 2.45) is 0 Å². The van der Waals surface area contributed by atoms with E-state index in [-0.39, 0.29) is 58.9 Å². The zero-order valence-corrected chi connectivity index (χ0v) is 40.2. The number of aromatic nitrogens is 1. The van der Waals surface area contributed by atoms with Crippen LogP contribution in [0.1, 0.15) is 70.8 Å². The van der Waals surface area contributed by atoms with Gasteiger partial charge in [0.2, 0.25) is 12.5 Å². The zero-order chi connectivity index (χ0) is 47.3. The Morgan fingerprint density at radius 2 is 1.51 bits per heavy atom. The number of nitrogens with one attached hydrogen (secondary N) is 2. The second kappa shape index (κ2) is 21.0. The minimum atomic E-state index is -0.985. The number of benzene rings is 3. The Morgan fingerprint density at radius 3 is 2.10 bits per heavy atom. The summed E-state index contributed by atoms with van der Waals surface area (Å²) >= 11 is 1.35. The Hall–Kier alpha value is -6.53. The highest BCUT2D eigenvalue weighted by Gasteiger charge is 2.55. The number of thioether (sulfide) groups is 1. The van der Waals surface area contributed by atoms with Crippen molar-refractivity contribution in [3.05, 3.63) is 149 Å². The van der Waals surface area contributed by atoms with Crippen molar-refractivity contribution in [2.75, 3.05) is 17.6 Å². The number of β-lactam (4-membered cyclic amide) rings is 1. The number of amides is 4. The van der Waals surface area contributed by atoms with Gasteiger partial charge in [0.25, 0.3) is 11.8 Å². The fourth-order valence-corrected chi connectivity index (χ4v) is 8.70. The highest BCUT2D eigenvalue weighted by atomic mass is 79.9. The Kier molecular flexibility index (Phi) is 15.6. The van der Waals surface area contributed by atoms with E-state index >= 15 is 0 Å². The molecule has 4 amide bonds. The van der Waals surface area contributed by atoms with E-state index in [1.807, 2.05) is 60.7 Å². The largest absolute Gasteiger partial charge is 1.00 e. The standard InChI is InChI=1S/C49H50FN5O10S.BrH/c1-48(2,3)64-46(60)52-39-43(58)55-40(45(59)63-41(31-13-9-7-10-14-31)32-15-11-8-12-16-32)34(29-66-44(39)55)25-33-21-24-54(42(33)57)27-30-19-22-53(23-20-30)28-38(56)51-37-18-17-35(26-36(37)50)62-47(61)65-49(4,5)6;/h7-20,22-23,25-26,39,41,44H,21,24,27-29H2,1-6H3,(H-,51,52,56,60);1H/b33-25+;/t39-,44-;/m1./s1. The first kappa shape index (κ1) is 49.9. The maximum Gasteiger partial charge on any atom is 0.514 e. The third kappa shape index (κ3) is 12.7. The summed E-state index contributed by atoms with van der Waals surface area (Å²) in [6, 6.07) is 24.7. The molecule has 0 radical (unpaired) electrons. The molecule has 3 aliphatic rings. The van der Waals surface area contributed by atoms with Crippen LogP contribution in [0.15, 0.2) is 126 Å². The number of allylic oxidation sites excluding steroid dienone is 1. The molecule has 0 spiro atoms. The van der Waals surface area contributed by atoms with Gasteiger partial charge in [-0.05, 0) is 88.4 Å². The first-order valence-corrected chi connectivity index (χ1v) is 22.3. The number of alkyl carbamates (subject to hydrolysis) is 1.